The molecule has 0 atom stereocenters. The fraction of sp³-hybridized carbons (Fsp3) is 0.0870. The number of nitrogens with zero attached hydrogens (tertiary/aromatic N) is 1. The lowest BCUT2D eigenvalue weighted by atomic mass is 10.0. The van der Waals surface area contributed by atoms with Crippen molar-refractivity contribution in [3.05, 3.63) is 89.4 Å². The van der Waals surface area contributed by atoms with Crippen molar-refractivity contribution in [3.63, 3.8) is 0 Å². The third kappa shape index (κ3) is 5.77. The van der Waals surface area contributed by atoms with E-state index in [2.05, 4.69) is 15.8 Å². The fourth-order valence-electron chi connectivity index (χ4n) is 2.77. The molecule has 3 aromatic carbocycles. The molecule has 0 radical (unpaired) electrons. The smallest absolute Gasteiger partial charge is 0.271 e. The molecule has 2 amide bonds. The number of hydrazone groups is 1. The summed E-state index contributed by atoms with van der Waals surface area (Å²) in [6.45, 7) is 1.68. The van der Waals surface area contributed by atoms with Gasteiger partial charge in [-0.3, -0.25) is 9.59 Å². The Morgan fingerprint density at radius 2 is 1.66 bits per heavy atom. The molecular weight excluding hydrogens is 386 g/mol. The van der Waals surface area contributed by atoms with Gasteiger partial charge in [0.1, 0.15) is 0 Å². The van der Waals surface area contributed by atoms with E-state index in [1.165, 1.54) is 0 Å². The number of hydrogen-bond donors (Lipinski definition) is 2. The predicted molar refractivity (Wildman–Crippen MR) is 117 cm³/mol. The molecule has 6 heteroatoms. The summed E-state index contributed by atoms with van der Waals surface area (Å²) in [5, 5.41) is 7.39. The third-order valence-corrected chi connectivity index (χ3v) is 4.37. The van der Waals surface area contributed by atoms with Crippen molar-refractivity contribution in [2.45, 2.75) is 13.3 Å². The molecule has 3 aromatic rings. The molecule has 0 saturated heterocycles. The molecule has 146 valence electrons. The van der Waals surface area contributed by atoms with Gasteiger partial charge in [-0.15, -0.1) is 0 Å². The van der Waals surface area contributed by atoms with E-state index in [1.807, 2.05) is 54.6 Å². The molecule has 0 spiro atoms. The maximum Gasteiger partial charge on any atom is 0.271 e. The van der Waals surface area contributed by atoms with Crippen molar-refractivity contribution in [3.8, 4) is 11.1 Å². The zero-order chi connectivity index (χ0) is 20.6. The van der Waals surface area contributed by atoms with Crippen molar-refractivity contribution >= 4 is 34.8 Å². The zero-order valence-corrected chi connectivity index (χ0v) is 16.6. The van der Waals surface area contributed by atoms with E-state index in [9.17, 15) is 9.59 Å². The number of halogens is 1. The van der Waals surface area contributed by atoms with Crippen molar-refractivity contribution in [1.29, 1.82) is 0 Å². The molecule has 0 fully saturated rings. The molecule has 0 bridgehead atoms. The Morgan fingerprint density at radius 3 is 2.41 bits per heavy atom. The molecule has 0 aliphatic carbocycles. The molecule has 5 nitrogen and oxygen atoms in total. The highest BCUT2D eigenvalue weighted by molar-refractivity contribution is 6.31. The van der Waals surface area contributed by atoms with Crippen LogP contribution in [0, 0.1) is 0 Å². The maximum absolute atomic E-state index is 12.4. The highest BCUT2D eigenvalue weighted by atomic mass is 35.5. The van der Waals surface area contributed by atoms with Crippen LogP contribution in [0.4, 0.5) is 5.69 Å². The summed E-state index contributed by atoms with van der Waals surface area (Å²) >= 11 is 5.89. The normalized spacial score (nSPS) is 11.0. The molecule has 0 aliphatic heterocycles. The molecule has 3 rings (SSSR count). The second-order valence-corrected chi connectivity index (χ2v) is 6.87. The monoisotopic (exact) mass is 405 g/mol. The van der Waals surface area contributed by atoms with E-state index in [0.717, 1.165) is 16.8 Å². The molecule has 0 aliphatic rings. The zero-order valence-electron chi connectivity index (χ0n) is 15.9. The summed E-state index contributed by atoms with van der Waals surface area (Å²) in [5.74, 6) is -0.603. The number of nitrogens with one attached hydrogen (secondary N) is 2. The van der Waals surface area contributed by atoms with Gasteiger partial charge in [0.2, 0.25) is 5.91 Å². The van der Waals surface area contributed by atoms with Gasteiger partial charge in [-0.2, -0.15) is 5.10 Å². The van der Waals surface area contributed by atoms with Crippen LogP contribution in [-0.4, -0.2) is 17.5 Å². The summed E-state index contributed by atoms with van der Waals surface area (Å²) in [6.07, 6.45) is 0.0545. The van der Waals surface area contributed by atoms with Gasteiger partial charge in [0.25, 0.3) is 5.91 Å². The van der Waals surface area contributed by atoms with Crippen molar-refractivity contribution in [2.75, 3.05) is 5.32 Å². The van der Waals surface area contributed by atoms with Gasteiger partial charge in [-0.1, -0.05) is 66.2 Å². The summed E-state index contributed by atoms with van der Waals surface area (Å²) in [5.41, 5.74) is 6.00. The van der Waals surface area contributed by atoms with Gasteiger partial charge < -0.3 is 5.32 Å². The highest BCUT2D eigenvalue weighted by Gasteiger charge is 2.10. The van der Waals surface area contributed by atoms with Crippen molar-refractivity contribution < 1.29 is 9.59 Å². The van der Waals surface area contributed by atoms with E-state index in [4.69, 9.17) is 11.6 Å². The second kappa shape index (κ2) is 9.66. The van der Waals surface area contributed by atoms with Gasteiger partial charge in [-0.25, -0.2) is 5.43 Å². The lowest BCUT2D eigenvalue weighted by molar-refractivity contribution is -0.115. The van der Waals surface area contributed by atoms with Crippen LogP contribution >= 0.6 is 11.6 Å². The number of carbonyl (C=O) groups is 2. The van der Waals surface area contributed by atoms with Crippen LogP contribution in [0.3, 0.4) is 0 Å². The van der Waals surface area contributed by atoms with Crippen LogP contribution in [0.15, 0.2) is 84.0 Å². The summed E-state index contributed by atoms with van der Waals surface area (Å²) in [4.78, 5) is 24.5. The second-order valence-electron chi connectivity index (χ2n) is 6.43. The predicted octanol–water partition coefficient (Wildman–Crippen LogP) is 5.14. The number of anilines is 1. The Hall–Kier alpha value is -3.44. The van der Waals surface area contributed by atoms with E-state index in [-0.39, 0.29) is 18.2 Å². The number of amides is 2. The average molecular weight is 406 g/mol. The molecular formula is C23H20ClN3O2. The van der Waals surface area contributed by atoms with Gasteiger partial charge in [0, 0.05) is 27.5 Å². The van der Waals surface area contributed by atoms with Crippen molar-refractivity contribution in [2.24, 2.45) is 5.10 Å². The van der Waals surface area contributed by atoms with Gasteiger partial charge in [0.05, 0.1) is 6.42 Å². The van der Waals surface area contributed by atoms with Crippen LogP contribution in [0.2, 0.25) is 5.02 Å². The van der Waals surface area contributed by atoms with Crippen LogP contribution in [-0.2, 0) is 4.79 Å². The van der Waals surface area contributed by atoms with E-state index >= 15 is 0 Å². The first kappa shape index (κ1) is 20.3. The third-order valence-electron chi connectivity index (χ3n) is 4.14. The summed E-state index contributed by atoms with van der Waals surface area (Å²) in [7, 11) is 0. The standard InChI is InChI=1S/C23H20ClN3O2/c1-16(26-27-23(29)18-10-7-11-19(24)15-18)14-22(28)25-21-13-6-5-12-20(21)17-8-3-2-4-9-17/h2-13,15H,14H2,1H3,(H,25,28)(H,27,29). The summed E-state index contributed by atoms with van der Waals surface area (Å²) in [6, 6.07) is 24.0. The topological polar surface area (TPSA) is 70.6 Å². The van der Waals surface area contributed by atoms with E-state index in [1.54, 1.807) is 31.2 Å². The molecule has 0 unspecified atom stereocenters. The molecule has 2 N–H and O–H groups in total. The minimum Gasteiger partial charge on any atom is -0.325 e. The first-order valence-electron chi connectivity index (χ1n) is 9.06. The van der Waals surface area contributed by atoms with E-state index in [0.29, 0.717) is 16.3 Å². The Balaban J connectivity index is 1.62. The van der Waals surface area contributed by atoms with Gasteiger partial charge in [-0.05, 0) is 36.8 Å². The first-order valence-corrected chi connectivity index (χ1v) is 9.44. The molecule has 29 heavy (non-hydrogen) atoms. The minimum absolute atomic E-state index is 0.0545. The van der Waals surface area contributed by atoms with Crippen molar-refractivity contribution in [1.82, 2.24) is 5.43 Å². The largest absolute Gasteiger partial charge is 0.325 e. The first-order chi connectivity index (χ1) is 14.0. The number of hydrogen-bond acceptors (Lipinski definition) is 3. The van der Waals surface area contributed by atoms with Crippen LogP contribution in [0.1, 0.15) is 23.7 Å². The molecule has 0 aromatic heterocycles. The quantitative estimate of drug-likeness (QED) is 0.440. The highest BCUT2D eigenvalue weighted by Crippen LogP contribution is 2.27. The molecule has 0 saturated carbocycles. The van der Waals surface area contributed by atoms with Crippen LogP contribution in [0.25, 0.3) is 11.1 Å². The average Bonchev–Trinajstić information content (AvgIpc) is 2.73. The Morgan fingerprint density at radius 1 is 0.931 bits per heavy atom. The number of para-hydroxylation sites is 1. The van der Waals surface area contributed by atoms with E-state index < -0.39 is 0 Å². The SMILES string of the molecule is CC(CC(=O)Nc1ccccc1-c1ccccc1)=NNC(=O)c1cccc(Cl)c1. The maximum atomic E-state index is 12.4. The fourth-order valence-corrected chi connectivity index (χ4v) is 2.96. The number of rotatable bonds is 6. The number of carbonyl (C=O) groups excluding carboxylic acids is 2. The minimum atomic E-state index is -0.387. The molecule has 0 heterocycles. The van der Waals surface area contributed by atoms with Gasteiger partial charge >= 0.3 is 0 Å². The van der Waals surface area contributed by atoms with Crippen LogP contribution in [0.5, 0.6) is 0 Å². The lowest BCUT2D eigenvalue weighted by Gasteiger charge is -2.11. The number of benzene rings is 3. The summed E-state index contributed by atoms with van der Waals surface area (Å²) < 4.78 is 0. The van der Waals surface area contributed by atoms with Crippen LogP contribution < -0.4 is 10.7 Å². The van der Waals surface area contributed by atoms with Gasteiger partial charge in [0.15, 0.2) is 0 Å². The lowest BCUT2D eigenvalue weighted by Crippen LogP contribution is -2.21. The Bertz CT molecular complexity index is 1050. The Labute approximate surface area is 174 Å². The Kier molecular flexibility index (Phi) is 6.76.